The van der Waals surface area contributed by atoms with Crippen molar-refractivity contribution < 1.29 is 19.5 Å². The van der Waals surface area contributed by atoms with Crippen LogP contribution in [0, 0.1) is 0 Å². The summed E-state index contributed by atoms with van der Waals surface area (Å²) in [6, 6.07) is 6.66. The summed E-state index contributed by atoms with van der Waals surface area (Å²) in [5.74, 6) is -1.34. The molecule has 0 aliphatic rings. The number of urea groups is 1. The second-order valence-corrected chi connectivity index (χ2v) is 5.76. The van der Waals surface area contributed by atoms with Gasteiger partial charge in [-0.25, -0.2) is 4.79 Å². The second-order valence-electron chi connectivity index (χ2n) is 4.85. The second kappa shape index (κ2) is 9.83. The summed E-state index contributed by atoms with van der Waals surface area (Å²) < 4.78 is 0.906. The van der Waals surface area contributed by atoms with E-state index in [0.29, 0.717) is 18.7 Å². The van der Waals surface area contributed by atoms with Crippen LogP contribution in [0.25, 0.3) is 0 Å². The zero-order valence-corrected chi connectivity index (χ0v) is 14.4. The molecule has 1 rings (SSSR count). The Morgan fingerprint density at radius 3 is 2.43 bits per heavy atom. The van der Waals surface area contributed by atoms with Crippen molar-refractivity contribution in [3.8, 4) is 0 Å². The summed E-state index contributed by atoms with van der Waals surface area (Å²) in [7, 11) is 0. The lowest BCUT2D eigenvalue weighted by Crippen LogP contribution is -2.39. The Morgan fingerprint density at radius 2 is 1.87 bits per heavy atom. The quantitative estimate of drug-likeness (QED) is 0.639. The third-order valence-corrected chi connectivity index (χ3v) is 3.43. The van der Waals surface area contributed by atoms with Crippen LogP contribution < -0.4 is 10.6 Å². The van der Waals surface area contributed by atoms with Gasteiger partial charge < -0.3 is 20.6 Å². The first kappa shape index (κ1) is 19.0. The van der Waals surface area contributed by atoms with E-state index >= 15 is 0 Å². The molecule has 0 bridgehead atoms. The predicted molar refractivity (Wildman–Crippen MR) is 90.3 cm³/mol. The molecule has 0 spiro atoms. The fourth-order valence-electron chi connectivity index (χ4n) is 1.87. The summed E-state index contributed by atoms with van der Waals surface area (Å²) >= 11 is 3.30. The number of carbonyl (C=O) groups excluding carboxylic acids is 2. The predicted octanol–water partition coefficient (Wildman–Crippen LogP) is 2.28. The van der Waals surface area contributed by atoms with Crippen LogP contribution in [0.15, 0.2) is 28.7 Å². The molecule has 7 nitrogen and oxygen atoms in total. The molecule has 0 aliphatic heterocycles. The van der Waals surface area contributed by atoms with E-state index in [2.05, 4.69) is 26.6 Å². The lowest BCUT2D eigenvalue weighted by molar-refractivity contribution is -0.144. The molecule has 1 aromatic rings. The highest BCUT2D eigenvalue weighted by molar-refractivity contribution is 9.10. The molecule has 0 radical (unpaired) electrons. The number of benzene rings is 1. The summed E-state index contributed by atoms with van der Waals surface area (Å²) in [6.07, 6.45) is 0.734. The molecule has 1 aromatic carbocycles. The molecule has 3 N–H and O–H groups in total. The molecular formula is C15H20BrN3O4. The van der Waals surface area contributed by atoms with Crippen molar-refractivity contribution in [1.82, 2.24) is 10.2 Å². The van der Waals surface area contributed by atoms with E-state index in [1.165, 1.54) is 4.90 Å². The smallest absolute Gasteiger partial charge is 0.323 e. The Hall–Kier alpha value is -2.09. The highest BCUT2D eigenvalue weighted by Crippen LogP contribution is 2.13. The van der Waals surface area contributed by atoms with Gasteiger partial charge >= 0.3 is 12.0 Å². The van der Waals surface area contributed by atoms with Gasteiger partial charge in [0.15, 0.2) is 0 Å². The molecule has 3 amide bonds. The number of nitrogens with one attached hydrogen (secondary N) is 2. The minimum atomic E-state index is -1.05. The molecule has 0 fully saturated rings. The largest absolute Gasteiger partial charge is 0.480 e. The number of amides is 3. The van der Waals surface area contributed by atoms with Crippen LogP contribution in [0.2, 0.25) is 0 Å². The van der Waals surface area contributed by atoms with Gasteiger partial charge in [0.25, 0.3) is 0 Å². The van der Waals surface area contributed by atoms with Crippen LogP contribution in [-0.4, -0.2) is 47.5 Å². The molecule has 0 atom stereocenters. The number of carbonyl (C=O) groups is 3. The SMILES string of the molecule is CCCN(CC(=O)O)C(=O)CCNC(=O)Nc1ccc(Br)cc1. The van der Waals surface area contributed by atoms with E-state index in [0.717, 1.165) is 4.47 Å². The summed E-state index contributed by atoms with van der Waals surface area (Å²) in [4.78, 5) is 35.6. The minimum absolute atomic E-state index is 0.0566. The van der Waals surface area contributed by atoms with Crippen LogP contribution in [0.1, 0.15) is 19.8 Å². The van der Waals surface area contributed by atoms with Gasteiger partial charge in [0, 0.05) is 29.7 Å². The van der Waals surface area contributed by atoms with E-state index < -0.39 is 12.0 Å². The summed E-state index contributed by atoms with van der Waals surface area (Å²) in [5.41, 5.74) is 0.635. The van der Waals surface area contributed by atoms with E-state index in [-0.39, 0.29) is 25.4 Å². The van der Waals surface area contributed by atoms with Crippen molar-refractivity contribution in [3.63, 3.8) is 0 Å². The zero-order chi connectivity index (χ0) is 17.2. The van der Waals surface area contributed by atoms with Gasteiger partial charge in [-0.1, -0.05) is 22.9 Å². The zero-order valence-electron chi connectivity index (χ0n) is 12.8. The molecule has 0 saturated carbocycles. The molecule has 23 heavy (non-hydrogen) atoms. The van der Waals surface area contributed by atoms with Crippen LogP contribution >= 0.6 is 15.9 Å². The van der Waals surface area contributed by atoms with Crippen molar-refractivity contribution in [3.05, 3.63) is 28.7 Å². The highest BCUT2D eigenvalue weighted by Gasteiger charge is 2.15. The van der Waals surface area contributed by atoms with Crippen LogP contribution in [0.4, 0.5) is 10.5 Å². The molecular weight excluding hydrogens is 366 g/mol. The topological polar surface area (TPSA) is 98.7 Å². The number of nitrogens with zero attached hydrogens (tertiary/aromatic N) is 1. The molecule has 0 aliphatic carbocycles. The third-order valence-electron chi connectivity index (χ3n) is 2.90. The highest BCUT2D eigenvalue weighted by atomic mass is 79.9. The first-order valence-corrected chi connectivity index (χ1v) is 8.01. The van der Waals surface area contributed by atoms with Crippen molar-refractivity contribution in [1.29, 1.82) is 0 Å². The molecule has 126 valence electrons. The molecule has 0 heterocycles. The normalized spacial score (nSPS) is 10.0. The maximum atomic E-state index is 11.9. The van der Waals surface area contributed by atoms with Gasteiger partial charge in [0.05, 0.1) is 0 Å². The Morgan fingerprint density at radius 1 is 1.22 bits per heavy atom. The lowest BCUT2D eigenvalue weighted by atomic mass is 10.3. The first-order chi connectivity index (χ1) is 10.9. The van der Waals surface area contributed by atoms with Crippen LogP contribution in [0.5, 0.6) is 0 Å². The number of rotatable bonds is 8. The maximum absolute atomic E-state index is 11.9. The molecule has 0 unspecified atom stereocenters. The number of carboxylic acids is 1. The number of carboxylic acid groups (broad SMARTS) is 1. The van der Waals surface area contributed by atoms with Gasteiger partial charge in [-0.15, -0.1) is 0 Å². The van der Waals surface area contributed by atoms with E-state index in [1.54, 1.807) is 24.3 Å². The van der Waals surface area contributed by atoms with Gasteiger partial charge in [-0.2, -0.15) is 0 Å². The summed E-state index contributed by atoms with van der Waals surface area (Å²) in [5, 5.41) is 14.0. The summed E-state index contributed by atoms with van der Waals surface area (Å²) in [6.45, 7) is 2.07. The Balaban J connectivity index is 2.36. The number of halogens is 1. The standard InChI is InChI=1S/C15H20BrN3O4/c1-2-9-19(10-14(21)22)13(20)7-8-17-15(23)18-12-5-3-11(16)4-6-12/h3-6H,2,7-10H2,1H3,(H,21,22)(H2,17,18,23). The first-order valence-electron chi connectivity index (χ1n) is 7.22. The third kappa shape index (κ3) is 7.64. The number of hydrogen-bond donors (Lipinski definition) is 3. The minimum Gasteiger partial charge on any atom is -0.480 e. The Bertz CT molecular complexity index is 548. The molecule has 8 heteroatoms. The lowest BCUT2D eigenvalue weighted by Gasteiger charge is -2.20. The monoisotopic (exact) mass is 385 g/mol. The van der Waals surface area contributed by atoms with Gasteiger partial charge in [0.2, 0.25) is 5.91 Å². The number of hydrogen-bond acceptors (Lipinski definition) is 3. The Labute approximate surface area is 143 Å². The fourth-order valence-corrected chi connectivity index (χ4v) is 2.14. The Kier molecular flexibility index (Phi) is 8.10. The van der Waals surface area contributed by atoms with E-state index in [1.807, 2.05) is 6.92 Å². The maximum Gasteiger partial charge on any atom is 0.323 e. The average Bonchev–Trinajstić information content (AvgIpc) is 2.48. The number of anilines is 1. The van der Waals surface area contributed by atoms with Crippen molar-refractivity contribution in [2.75, 3.05) is 25.0 Å². The average molecular weight is 386 g/mol. The van der Waals surface area contributed by atoms with Gasteiger partial charge in [-0.05, 0) is 30.7 Å². The van der Waals surface area contributed by atoms with Gasteiger partial charge in [0.1, 0.15) is 6.54 Å². The van der Waals surface area contributed by atoms with E-state index in [9.17, 15) is 14.4 Å². The fraction of sp³-hybridized carbons (Fsp3) is 0.400. The van der Waals surface area contributed by atoms with Crippen molar-refractivity contribution in [2.45, 2.75) is 19.8 Å². The molecule has 0 saturated heterocycles. The number of aliphatic carboxylic acids is 1. The van der Waals surface area contributed by atoms with Crippen molar-refractivity contribution in [2.24, 2.45) is 0 Å². The van der Waals surface area contributed by atoms with Crippen molar-refractivity contribution >= 4 is 39.5 Å². The van der Waals surface area contributed by atoms with Gasteiger partial charge in [-0.3, -0.25) is 9.59 Å². The van der Waals surface area contributed by atoms with Crippen LogP contribution in [0.3, 0.4) is 0 Å². The van der Waals surface area contributed by atoms with E-state index in [4.69, 9.17) is 5.11 Å². The van der Waals surface area contributed by atoms with Crippen LogP contribution in [-0.2, 0) is 9.59 Å². The molecule has 0 aromatic heterocycles.